The Morgan fingerprint density at radius 3 is 1.82 bits per heavy atom. The minimum absolute atomic E-state index is 0.0203. The summed E-state index contributed by atoms with van der Waals surface area (Å²) in [6.45, 7) is 20.3. The number of hydrogen-bond donors (Lipinski definition) is 0. The highest BCUT2D eigenvalue weighted by Gasteiger charge is 2.43. The maximum Gasteiger partial charge on any atom is 0.249 e. The van der Waals surface area contributed by atoms with E-state index in [2.05, 4.69) is 151 Å². The van der Waals surface area contributed by atoms with Crippen LogP contribution in [0.15, 0.2) is 85.2 Å². The summed E-state index contributed by atoms with van der Waals surface area (Å²) in [5.74, 6) is 1.92. The van der Waals surface area contributed by atoms with Gasteiger partial charge in [-0.25, -0.2) is 9.97 Å². The Morgan fingerprint density at radius 2 is 1.20 bits per heavy atom. The first-order valence-electron chi connectivity index (χ1n) is 15.7. The molecule has 0 atom stereocenters. The Morgan fingerprint density at radius 1 is 0.591 bits per heavy atom. The van der Waals surface area contributed by atoms with Crippen molar-refractivity contribution in [3.63, 3.8) is 0 Å². The molecule has 2 aliphatic rings. The van der Waals surface area contributed by atoms with Crippen molar-refractivity contribution in [2.24, 2.45) is 0 Å². The summed E-state index contributed by atoms with van der Waals surface area (Å²) >= 11 is 0. The average Bonchev–Trinajstić information content (AvgIpc) is 2.96. The van der Waals surface area contributed by atoms with Crippen LogP contribution in [0, 0.1) is 20.8 Å². The molecule has 0 amide bonds. The normalized spacial score (nSPS) is 13.9. The topological polar surface area (TPSA) is 32.3 Å². The molecular weight excluding hydrogens is 535 g/mol. The number of aromatic nitrogens is 2. The van der Waals surface area contributed by atoms with Gasteiger partial charge in [-0.1, -0.05) is 112 Å². The summed E-state index contributed by atoms with van der Waals surface area (Å²) in [4.78, 5) is 15.1. The fraction of sp³-hybridized carbons (Fsp3) is 0.282. The largest absolute Gasteiger partial charge is 0.292 e. The second-order valence-corrected chi connectivity index (χ2v) is 14.7. The van der Waals surface area contributed by atoms with Gasteiger partial charge in [0, 0.05) is 12.4 Å². The Hall–Kier alpha value is -4.38. The molecule has 220 valence electrons. The molecule has 4 heterocycles. The minimum atomic E-state index is -0.0203. The highest BCUT2D eigenvalue weighted by Crippen LogP contribution is 2.53. The highest BCUT2D eigenvalue weighted by atomic mass is 15.3. The maximum absolute atomic E-state index is 5.29. The van der Waals surface area contributed by atoms with Crippen molar-refractivity contribution in [2.75, 3.05) is 9.80 Å². The van der Waals surface area contributed by atoms with Gasteiger partial charge in [0.15, 0.2) is 0 Å². The van der Waals surface area contributed by atoms with Crippen LogP contribution in [0.5, 0.6) is 0 Å². The lowest BCUT2D eigenvalue weighted by molar-refractivity contribution is 0.587. The van der Waals surface area contributed by atoms with E-state index in [1.54, 1.807) is 0 Å². The van der Waals surface area contributed by atoms with Gasteiger partial charge >= 0.3 is 0 Å². The van der Waals surface area contributed by atoms with Gasteiger partial charge in [0.2, 0.25) is 6.71 Å². The quantitative estimate of drug-likeness (QED) is 0.195. The third-order valence-electron chi connectivity index (χ3n) is 9.34. The van der Waals surface area contributed by atoms with Gasteiger partial charge in [0.05, 0.1) is 22.7 Å². The summed E-state index contributed by atoms with van der Waals surface area (Å²) in [6.07, 6.45) is 4.12. The van der Waals surface area contributed by atoms with E-state index in [4.69, 9.17) is 9.97 Å². The van der Waals surface area contributed by atoms with Gasteiger partial charge in [-0.15, -0.1) is 0 Å². The molecule has 5 heteroatoms. The number of anilines is 6. The van der Waals surface area contributed by atoms with E-state index in [1.165, 1.54) is 49.9 Å². The Kier molecular flexibility index (Phi) is 6.34. The first kappa shape index (κ1) is 28.4. The maximum atomic E-state index is 5.29. The van der Waals surface area contributed by atoms with Crippen molar-refractivity contribution >= 4 is 57.5 Å². The van der Waals surface area contributed by atoms with Crippen LogP contribution in [0.1, 0.15) is 69.4 Å². The molecule has 0 radical (unpaired) electrons. The molecule has 4 nitrogen and oxygen atoms in total. The van der Waals surface area contributed by atoms with Crippen molar-refractivity contribution < 1.29 is 0 Å². The molecular formula is C39H41BN4. The van der Waals surface area contributed by atoms with E-state index in [1.807, 2.05) is 6.20 Å². The van der Waals surface area contributed by atoms with Crippen LogP contribution < -0.4 is 26.2 Å². The highest BCUT2D eigenvalue weighted by molar-refractivity contribution is 6.98. The first-order chi connectivity index (χ1) is 20.8. The predicted octanol–water partition coefficient (Wildman–Crippen LogP) is 8.08. The van der Waals surface area contributed by atoms with Gasteiger partial charge in [0.25, 0.3) is 0 Å². The number of nitrogens with zero attached hydrogens (tertiary/aromatic N) is 4. The van der Waals surface area contributed by atoms with Crippen molar-refractivity contribution in [3.05, 3.63) is 113 Å². The number of pyridine rings is 2. The predicted molar refractivity (Wildman–Crippen MR) is 188 cm³/mol. The number of para-hydroxylation sites is 3. The van der Waals surface area contributed by atoms with Crippen molar-refractivity contribution in [3.8, 4) is 0 Å². The molecule has 7 rings (SSSR count). The zero-order chi connectivity index (χ0) is 31.1. The lowest BCUT2D eigenvalue weighted by Crippen LogP contribution is -2.59. The second-order valence-electron chi connectivity index (χ2n) is 14.7. The molecule has 2 aliphatic heterocycles. The summed E-state index contributed by atoms with van der Waals surface area (Å²) < 4.78 is 0. The summed E-state index contributed by atoms with van der Waals surface area (Å²) in [6, 6.07) is 26.9. The Labute approximate surface area is 262 Å². The van der Waals surface area contributed by atoms with Gasteiger partial charge in [-0.3, -0.25) is 9.80 Å². The number of fused-ring (bicyclic) bond motifs is 4. The monoisotopic (exact) mass is 576 g/mol. The fourth-order valence-electron chi connectivity index (χ4n) is 7.14. The van der Waals surface area contributed by atoms with Crippen molar-refractivity contribution in [1.82, 2.24) is 9.97 Å². The minimum Gasteiger partial charge on any atom is -0.292 e. The fourth-order valence-corrected chi connectivity index (χ4v) is 7.14. The molecule has 0 spiro atoms. The smallest absolute Gasteiger partial charge is 0.249 e. The zero-order valence-electron chi connectivity index (χ0n) is 27.4. The van der Waals surface area contributed by atoms with E-state index < -0.39 is 0 Å². The third kappa shape index (κ3) is 4.36. The van der Waals surface area contributed by atoms with Gasteiger partial charge < -0.3 is 0 Å². The van der Waals surface area contributed by atoms with E-state index in [9.17, 15) is 0 Å². The molecule has 0 saturated heterocycles. The number of rotatable bonds is 2. The lowest BCUT2D eigenvalue weighted by atomic mass is 9.34. The first-order valence-corrected chi connectivity index (χ1v) is 15.7. The van der Waals surface area contributed by atoms with Gasteiger partial charge in [-0.2, -0.15) is 0 Å². The molecule has 0 fully saturated rings. The van der Waals surface area contributed by atoms with E-state index in [0.717, 1.165) is 28.7 Å². The molecule has 2 aromatic heterocycles. The molecule has 5 aromatic rings. The Balaban J connectivity index is 1.54. The molecule has 3 aromatic carbocycles. The van der Waals surface area contributed by atoms with Gasteiger partial charge in [0.1, 0.15) is 11.6 Å². The lowest BCUT2D eigenvalue weighted by Gasteiger charge is -2.45. The zero-order valence-corrected chi connectivity index (χ0v) is 27.4. The summed E-state index contributed by atoms with van der Waals surface area (Å²) in [5, 5.41) is 0. The molecule has 0 bridgehead atoms. The number of benzene rings is 3. The standard InChI is InChI=1S/C39H41BN4/c1-24-19-25(2)35(26(3)20-24)40-29-13-12-16-33-36(29)44(37-30(40)21-28(23-42-37)39(7,8)9)32-15-11-10-14-31(32)43(33)34-18-17-27(22-41-34)38(4,5)6/h10-23H,1-9H3. The van der Waals surface area contributed by atoms with Gasteiger partial charge in [-0.05, 0) is 77.9 Å². The van der Waals surface area contributed by atoms with Crippen LogP contribution in [0.2, 0.25) is 0 Å². The molecule has 0 unspecified atom stereocenters. The Bertz CT molecular complexity index is 1910. The third-order valence-corrected chi connectivity index (χ3v) is 9.34. The van der Waals surface area contributed by atoms with Crippen LogP contribution in [0.3, 0.4) is 0 Å². The molecule has 0 aliphatic carbocycles. The van der Waals surface area contributed by atoms with Crippen LogP contribution in [0.25, 0.3) is 0 Å². The van der Waals surface area contributed by atoms with Crippen LogP contribution >= 0.6 is 0 Å². The number of aryl methyl sites for hydroxylation is 3. The SMILES string of the molecule is Cc1cc(C)c(B2c3cc(C(C)(C)C)cnc3N3c4ccccc4N(c4ccc(C(C)(C)C)cn4)c4cccc2c43)c(C)c1. The summed E-state index contributed by atoms with van der Waals surface area (Å²) in [7, 11) is 0. The van der Waals surface area contributed by atoms with Crippen LogP contribution in [0.4, 0.5) is 34.4 Å². The second kappa shape index (κ2) is 9.82. The van der Waals surface area contributed by atoms with E-state index >= 15 is 0 Å². The van der Waals surface area contributed by atoms with Crippen LogP contribution in [-0.4, -0.2) is 16.7 Å². The molecule has 44 heavy (non-hydrogen) atoms. The van der Waals surface area contributed by atoms with E-state index in [-0.39, 0.29) is 17.5 Å². The van der Waals surface area contributed by atoms with Crippen LogP contribution in [-0.2, 0) is 10.8 Å². The van der Waals surface area contributed by atoms with E-state index in [0.29, 0.717) is 0 Å². The molecule has 0 saturated carbocycles. The average molecular weight is 577 g/mol. The van der Waals surface area contributed by atoms with Crippen molar-refractivity contribution in [2.45, 2.75) is 73.1 Å². The number of hydrogen-bond acceptors (Lipinski definition) is 4. The molecule has 0 N–H and O–H groups in total. The van der Waals surface area contributed by atoms with Crippen molar-refractivity contribution in [1.29, 1.82) is 0 Å². The summed E-state index contributed by atoms with van der Waals surface area (Å²) in [5.41, 5.74) is 14.9.